The molecule has 29 heavy (non-hydrogen) atoms. The first-order chi connectivity index (χ1) is 14.0. The first kappa shape index (κ1) is 18.4. The number of aromatic nitrogens is 3. The second-order valence-electron chi connectivity index (χ2n) is 6.54. The third-order valence-electron chi connectivity index (χ3n) is 4.72. The number of halogens is 4. The molecule has 0 fully saturated rings. The van der Waals surface area contributed by atoms with Gasteiger partial charge in [0.25, 0.3) is 0 Å². The van der Waals surface area contributed by atoms with Crippen LogP contribution in [0.15, 0.2) is 66.9 Å². The number of nitrogens with zero attached hydrogens (tertiary/aromatic N) is 3. The summed E-state index contributed by atoms with van der Waals surface area (Å²) in [5.41, 5.74) is 3.49. The highest BCUT2D eigenvalue weighted by atomic mass is 35.5. The van der Waals surface area contributed by atoms with E-state index in [1.165, 1.54) is 12.1 Å². The Morgan fingerprint density at radius 2 is 1.55 bits per heavy atom. The molecule has 5 aromatic rings. The Morgan fingerprint density at radius 1 is 0.793 bits per heavy atom. The topological polar surface area (TPSA) is 30.7 Å². The fourth-order valence-corrected chi connectivity index (χ4v) is 3.89. The average Bonchev–Trinajstić information content (AvgIpc) is 3.10. The summed E-state index contributed by atoms with van der Waals surface area (Å²) < 4.78 is 15.8. The van der Waals surface area contributed by atoms with Crippen LogP contribution in [-0.4, -0.2) is 14.8 Å². The maximum Gasteiger partial charge on any atom is 0.124 e. The Hall–Kier alpha value is -2.66. The molecule has 2 heterocycles. The van der Waals surface area contributed by atoms with Gasteiger partial charge in [-0.1, -0.05) is 46.9 Å². The van der Waals surface area contributed by atoms with Crippen LogP contribution in [0.2, 0.25) is 15.1 Å². The Kier molecular flexibility index (Phi) is 4.43. The van der Waals surface area contributed by atoms with Gasteiger partial charge in [0.15, 0.2) is 0 Å². The largest absolute Gasteiger partial charge is 0.255 e. The minimum absolute atomic E-state index is 0.357. The lowest BCUT2D eigenvalue weighted by Crippen LogP contribution is -1.98. The second-order valence-corrected chi connectivity index (χ2v) is 7.83. The molecular formula is C22H11Cl3FN3. The number of hydrogen-bond acceptors (Lipinski definition) is 2. The van der Waals surface area contributed by atoms with Gasteiger partial charge in [-0.05, 0) is 48.5 Å². The molecule has 0 spiro atoms. The summed E-state index contributed by atoms with van der Waals surface area (Å²) in [5.74, 6) is -0.357. The van der Waals surface area contributed by atoms with Crippen LogP contribution in [0.25, 0.3) is 38.8 Å². The van der Waals surface area contributed by atoms with Crippen molar-refractivity contribution in [3.8, 4) is 16.9 Å². The van der Waals surface area contributed by atoms with E-state index in [2.05, 4.69) is 4.98 Å². The Bertz CT molecular complexity index is 1390. The lowest BCUT2D eigenvalue weighted by Gasteiger charge is -2.08. The quantitative estimate of drug-likeness (QED) is 0.286. The van der Waals surface area contributed by atoms with Crippen LogP contribution in [0.5, 0.6) is 0 Å². The van der Waals surface area contributed by atoms with Gasteiger partial charge in [0.1, 0.15) is 11.5 Å². The minimum atomic E-state index is -0.357. The standard InChI is InChI=1S/C22H11Cl3FN3/c23-13-3-1-12(2-4-13)21-17-11-27-19-8-6-15(26)10-16(19)22(17)29(28-21)20-9-14(24)5-7-18(20)25/h1-11H. The fourth-order valence-electron chi connectivity index (χ4n) is 3.40. The molecule has 0 unspecified atom stereocenters. The molecule has 142 valence electrons. The van der Waals surface area contributed by atoms with Crippen molar-refractivity contribution in [2.75, 3.05) is 0 Å². The number of pyridine rings is 1. The highest BCUT2D eigenvalue weighted by molar-refractivity contribution is 6.34. The fraction of sp³-hybridized carbons (Fsp3) is 0. The number of fused-ring (bicyclic) bond motifs is 3. The predicted octanol–water partition coefficient (Wildman–Crippen LogP) is 7.34. The third kappa shape index (κ3) is 3.14. The molecule has 0 aliphatic rings. The van der Waals surface area contributed by atoms with Gasteiger partial charge in [0.05, 0.1) is 21.7 Å². The molecule has 2 aromatic heterocycles. The van der Waals surface area contributed by atoms with Crippen molar-refractivity contribution in [1.82, 2.24) is 14.8 Å². The maximum atomic E-state index is 14.1. The summed E-state index contributed by atoms with van der Waals surface area (Å²) in [5, 5.41) is 7.83. The SMILES string of the molecule is Fc1ccc2ncc3c(-c4ccc(Cl)cc4)nn(-c4cc(Cl)ccc4Cl)c3c2c1. The number of hydrogen-bond donors (Lipinski definition) is 0. The normalized spacial score (nSPS) is 11.4. The summed E-state index contributed by atoms with van der Waals surface area (Å²) in [6.07, 6.45) is 1.74. The van der Waals surface area contributed by atoms with Crippen LogP contribution in [0.1, 0.15) is 0 Å². The number of rotatable bonds is 2. The zero-order valence-electron chi connectivity index (χ0n) is 14.7. The van der Waals surface area contributed by atoms with Crippen molar-refractivity contribution in [2.45, 2.75) is 0 Å². The third-order valence-corrected chi connectivity index (χ3v) is 5.53. The van der Waals surface area contributed by atoms with E-state index in [0.29, 0.717) is 42.9 Å². The van der Waals surface area contributed by atoms with Crippen molar-refractivity contribution in [3.05, 3.63) is 87.7 Å². The van der Waals surface area contributed by atoms with Crippen molar-refractivity contribution in [2.24, 2.45) is 0 Å². The van der Waals surface area contributed by atoms with Gasteiger partial charge in [-0.3, -0.25) is 4.98 Å². The zero-order valence-corrected chi connectivity index (χ0v) is 17.0. The molecule has 3 nitrogen and oxygen atoms in total. The summed E-state index contributed by atoms with van der Waals surface area (Å²) in [7, 11) is 0. The molecular weight excluding hydrogens is 432 g/mol. The van der Waals surface area contributed by atoms with E-state index in [0.717, 1.165) is 10.9 Å². The van der Waals surface area contributed by atoms with E-state index < -0.39 is 0 Å². The van der Waals surface area contributed by atoms with E-state index in [1.807, 2.05) is 12.1 Å². The van der Waals surface area contributed by atoms with E-state index >= 15 is 0 Å². The Morgan fingerprint density at radius 3 is 2.34 bits per heavy atom. The van der Waals surface area contributed by atoms with Crippen LogP contribution in [0.3, 0.4) is 0 Å². The summed E-state index contributed by atoms with van der Waals surface area (Å²) in [6.45, 7) is 0. The molecule has 0 aliphatic carbocycles. The average molecular weight is 443 g/mol. The molecule has 3 aromatic carbocycles. The summed E-state index contributed by atoms with van der Waals surface area (Å²) in [4.78, 5) is 4.50. The van der Waals surface area contributed by atoms with Crippen molar-refractivity contribution in [3.63, 3.8) is 0 Å². The van der Waals surface area contributed by atoms with Gasteiger partial charge in [-0.2, -0.15) is 5.10 Å². The molecule has 0 aliphatic heterocycles. The first-order valence-electron chi connectivity index (χ1n) is 8.69. The molecule has 7 heteroatoms. The first-order valence-corrected chi connectivity index (χ1v) is 9.83. The van der Waals surface area contributed by atoms with Crippen LogP contribution < -0.4 is 0 Å². The monoisotopic (exact) mass is 441 g/mol. The predicted molar refractivity (Wildman–Crippen MR) is 117 cm³/mol. The van der Waals surface area contributed by atoms with Crippen LogP contribution >= 0.6 is 34.8 Å². The lowest BCUT2D eigenvalue weighted by atomic mass is 10.1. The van der Waals surface area contributed by atoms with Crippen LogP contribution in [-0.2, 0) is 0 Å². The maximum absolute atomic E-state index is 14.1. The Labute approximate surface area is 180 Å². The highest BCUT2D eigenvalue weighted by Crippen LogP contribution is 2.36. The van der Waals surface area contributed by atoms with Gasteiger partial charge in [0, 0.05) is 32.6 Å². The molecule has 0 saturated carbocycles. The van der Waals surface area contributed by atoms with Crippen molar-refractivity contribution < 1.29 is 4.39 Å². The van der Waals surface area contributed by atoms with E-state index in [-0.39, 0.29) is 5.82 Å². The Balaban J connectivity index is 1.93. The second kappa shape index (κ2) is 6.99. The van der Waals surface area contributed by atoms with Crippen LogP contribution in [0.4, 0.5) is 4.39 Å². The molecule has 0 radical (unpaired) electrons. The molecule has 0 saturated heterocycles. The van der Waals surface area contributed by atoms with Gasteiger partial charge >= 0.3 is 0 Å². The number of benzene rings is 3. The summed E-state index contributed by atoms with van der Waals surface area (Å²) in [6, 6.07) is 17.0. The summed E-state index contributed by atoms with van der Waals surface area (Å²) >= 11 is 18.7. The smallest absolute Gasteiger partial charge is 0.124 e. The van der Waals surface area contributed by atoms with Crippen LogP contribution in [0, 0.1) is 5.82 Å². The van der Waals surface area contributed by atoms with E-state index in [9.17, 15) is 4.39 Å². The molecule has 0 N–H and O–H groups in total. The lowest BCUT2D eigenvalue weighted by molar-refractivity contribution is 0.629. The zero-order chi connectivity index (χ0) is 20.1. The molecule has 0 bridgehead atoms. The molecule has 0 amide bonds. The van der Waals surface area contributed by atoms with Crippen molar-refractivity contribution in [1.29, 1.82) is 0 Å². The molecule has 0 atom stereocenters. The minimum Gasteiger partial charge on any atom is -0.255 e. The van der Waals surface area contributed by atoms with Gasteiger partial charge in [-0.25, -0.2) is 9.07 Å². The van der Waals surface area contributed by atoms with E-state index in [4.69, 9.17) is 39.9 Å². The van der Waals surface area contributed by atoms with Gasteiger partial charge < -0.3 is 0 Å². The van der Waals surface area contributed by atoms with Crippen molar-refractivity contribution >= 4 is 56.6 Å². The van der Waals surface area contributed by atoms with E-state index in [1.54, 1.807) is 47.3 Å². The van der Waals surface area contributed by atoms with Gasteiger partial charge in [-0.15, -0.1) is 0 Å². The van der Waals surface area contributed by atoms with Gasteiger partial charge in [0.2, 0.25) is 0 Å². The molecule has 5 rings (SSSR count). The highest BCUT2D eigenvalue weighted by Gasteiger charge is 2.19.